The molecule has 0 saturated carbocycles. The number of aromatic nitrogens is 4. The smallest absolute Gasteiger partial charge is 0.254 e. The van der Waals surface area contributed by atoms with Crippen molar-refractivity contribution in [2.45, 2.75) is 20.3 Å². The highest BCUT2D eigenvalue weighted by molar-refractivity contribution is 6.32. The van der Waals surface area contributed by atoms with Crippen LogP contribution in [-0.4, -0.2) is 33.8 Å². The van der Waals surface area contributed by atoms with Gasteiger partial charge in [-0.2, -0.15) is 9.50 Å². The minimum atomic E-state index is 0.476. The van der Waals surface area contributed by atoms with E-state index in [0.717, 1.165) is 29.1 Å². The molecule has 4 rings (SSSR count). The Labute approximate surface area is 179 Å². The van der Waals surface area contributed by atoms with Gasteiger partial charge < -0.3 is 14.8 Å². The average Bonchev–Trinajstić information content (AvgIpc) is 3.18. The first-order valence-electron chi connectivity index (χ1n) is 9.56. The van der Waals surface area contributed by atoms with Crippen molar-refractivity contribution in [3.05, 3.63) is 58.7 Å². The Hall–Kier alpha value is -3.32. The zero-order chi connectivity index (χ0) is 21.3. The monoisotopic (exact) mass is 423 g/mol. The van der Waals surface area contributed by atoms with E-state index >= 15 is 0 Å². The Morgan fingerprint density at radius 3 is 2.43 bits per heavy atom. The zero-order valence-corrected chi connectivity index (χ0v) is 18.0. The van der Waals surface area contributed by atoms with Gasteiger partial charge in [0.2, 0.25) is 0 Å². The summed E-state index contributed by atoms with van der Waals surface area (Å²) in [5, 5.41) is 8.64. The van der Waals surface area contributed by atoms with Crippen molar-refractivity contribution >= 4 is 28.9 Å². The van der Waals surface area contributed by atoms with Crippen LogP contribution >= 0.6 is 11.6 Å². The molecule has 7 nitrogen and oxygen atoms in total. The lowest BCUT2D eigenvalue weighted by atomic mass is 10.1. The van der Waals surface area contributed by atoms with Crippen LogP contribution in [0.25, 0.3) is 17.2 Å². The third-order valence-corrected chi connectivity index (χ3v) is 5.20. The second-order valence-electron chi connectivity index (χ2n) is 6.70. The van der Waals surface area contributed by atoms with Gasteiger partial charge in [0.15, 0.2) is 5.82 Å². The summed E-state index contributed by atoms with van der Waals surface area (Å²) in [5.74, 6) is 3.04. The van der Waals surface area contributed by atoms with Crippen LogP contribution in [0.3, 0.4) is 0 Å². The summed E-state index contributed by atoms with van der Waals surface area (Å²) in [4.78, 5) is 9.29. The van der Waals surface area contributed by atoms with Gasteiger partial charge in [-0.15, -0.1) is 5.10 Å². The Morgan fingerprint density at radius 1 is 1.03 bits per heavy atom. The van der Waals surface area contributed by atoms with Crippen LogP contribution in [0.2, 0.25) is 5.02 Å². The molecule has 0 spiro atoms. The summed E-state index contributed by atoms with van der Waals surface area (Å²) < 4.78 is 12.6. The number of hydrogen-bond acceptors (Lipinski definition) is 6. The van der Waals surface area contributed by atoms with E-state index in [1.54, 1.807) is 30.9 Å². The normalized spacial score (nSPS) is 11.0. The lowest BCUT2D eigenvalue weighted by Gasteiger charge is -2.17. The number of aryl methyl sites for hydroxylation is 1. The summed E-state index contributed by atoms with van der Waals surface area (Å²) in [6.45, 7) is 4.05. The number of halogens is 1. The molecule has 0 unspecified atom stereocenters. The standard InChI is InChI=1S/C22H22ClN5O2/c1-5-15-13(2)24-22-26-20(14-9-7-6-8-10-14)27-28(22)21(15)25-17-11-16(23)18(29-3)12-19(17)30-4/h6-12,25H,5H2,1-4H3. The summed E-state index contributed by atoms with van der Waals surface area (Å²) in [6, 6.07) is 13.3. The highest BCUT2D eigenvalue weighted by Crippen LogP contribution is 2.38. The van der Waals surface area contributed by atoms with Crippen LogP contribution in [0.15, 0.2) is 42.5 Å². The SMILES string of the molecule is CCc1c(C)nc2nc(-c3ccccc3)nn2c1Nc1cc(Cl)c(OC)cc1OC. The van der Waals surface area contributed by atoms with E-state index in [1.165, 1.54) is 0 Å². The van der Waals surface area contributed by atoms with E-state index in [-0.39, 0.29) is 0 Å². The number of methoxy groups -OCH3 is 2. The first-order chi connectivity index (χ1) is 14.5. The molecule has 154 valence electrons. The molecular formula is C22H22ClN5O2. The first-order valence-corrected chi connectivity index (χ1v) is 9.93. The number of benzene rings is 2. The molecule has 0 radical (unpaired) electrons. The predicted octanol–water partition coefficient (Wildman–Crippen LogP) is 5.08. The Kier molecular flexibility index (Phi) is 5.46. The molecule has 0 aliphatic carbocycles. The number of hydrogen-bond donors (Lipinski definition) is 1. The van der Waals surface area contributed by atoms with Crippen molar-refractivity contribution in [2.24, 2.45) is 0 Å². The quantitative estimate of drug-likeness (QED) is 0.466. The maximum absolute atomic E-state index is 6.36. The van der Waals surface area contributed by atoms with E-state index in [9.17, 15) is 0 Å². The van der Waals surface area contributed by atoms with Gasteiger partial charge in [-0.1, -0.05) is 48.9 Å². The highest BCUT2D eigenvalue weighted by atomic mass is 35.5. The second kappa shape index (κ2) is 8.20. The fraction of sp³-hybridized carbons (Fsp3) is 0.227. The van der Waals surface area contributed by atoms with Crippen molar-refractivity contribution < 1.29 is 9.47 Å². The lowest BCUT2D eigenvalue weighted by Crippen LogP contribution is -2.09. The van der Waals surface area contributed by atoms with Gasteiger partial charge in [0.05, 0.1) is 24.9 Å². The number of anilines is 2. The number of fused-ring (bicyclic) bond motifs is 1. The fourth-order valence-electron chi connectivity index (χ4n) is 3.39. The molecule has 4 aromatic rings. The van der Waals surface area contributed by atoms with Gasteiger partial charge in [0.25, 0.3) is 5.78 Å². The maximum Gasteiger partial charge on any atom is 0.254 e. The number of nitrogens with one attached hydrogen (secondary N) is 1. The van der Waals surface area contributed by atoms with Crippen LogP contribution in [0.4, 0.5) is 11.5 Å². The highest BCUT2D eigenvalue weighted by Gasteiger charge is 2.19. The van der Waals surface area contributed by atoms with E-state index < -0.39 is 0 Å². The number of rotatable bonds is 6. The predicted molar refractivity (Wildman–Crippen MR) is 118 cm³/mol. The Morgan fingerprint density at radius 2 is 1.77 bits per heavy atom. The van der Waals surface area contributed by atoms with Crippen molar-refractivity contribution in [3.8, 4) is 22.9 Å². The molecule has 0 bridgehead atoms. The summed E-state index contributed by atoms with van der Waals surface area (Å²) >= 11 is 6.36. The molecule has 30 heavy (non-hydrogen) atoms. The molecule has 2 heterocycles. The van der Waals surface area contributed by atoms with Crippen molar-refractivity contribution in [3.63, 3.8) is 0 Å². The molecule has 2 aromatic carbocycles. The molecule has 0 fully saturated rings. The average molecular weight is 424 g/mol. The zero-order valence-electron chi connectivity index (χ0n) is 17.2. The fourth-order valence-corrected chi connectivity index (χ4v) is 3.63. The van der Waals surface area contributed by atoms with Crippen molar-refractivity contribution in [1.82, 2.24) is 19.6 Å². The van der Waals surface area contributed by atoms with Gasteiger partial charge in [-0.25, -0.2) is 4.98 Å². The molecule has 1 N–H and O–H groups in total. The van der Waals surface area contributed by atoms with Gasteiger partial charge in [0, 0.05) is 22.9 Å². The minimum absolute atomic E-state index is 0.476. The number of nitrogens with zero attached hydrogens (tertiary/aromatic N) is 4. The minimum Gasteiger partial charge on any atom is -0.495 e. The van der Waals surface area contributed by atoms with Crippen LogP contribution in [-0.2, 0) is 6.42 Å². The third kappa shape index (κ3) is 3.52. The molecule has 0 saturated heterocycles. The van der Waals surface area contributed by atoms with Gasteiger partial charge >= 0.3 is 0 Å². The summed E-state index contributed by atoms with van der Waals surface area (Å²) in [5.41, 5.74) is 3.54. The molecule has 2 aromatic heterocycles. The molecule has 0 aliphatic rings. The van der Waals surface area contributed by atoms with Gasteiger partial charge in [-0.3, -0.25) is 0 Å². The summed E-state index contributed by atoms with van der Waals surface area (Å²) in [6.07, 6.45) is 0.768. The molecular weight excluding hydrogens is 402 g/mol. The van der Waals surface area contributed by atoms with Crippen LogP contribution in [0, 0.1) is 6.92 Å². The van der Waals surface area contributed by atoms with Crippen LogP contribution < -0.4 is 14.8 Å². The first kappa shape index (κ1) is 20.0. The van der Waals surface area contributed by atoms with E-state index in [2.05, 4.69) is 22.2 Å². The Bertz CT molecular complexity index is 1210. The lowest BCUT2D eigenvalue weighted by molar-refractivity contribution is 0.396. The van der Waals surface area contributed by atoms with Gasteiger partial charge in [0.1, 0.15) is 17.3 Å². The molecule has 0 aliphatic heterocycles. The van der Waals surface area contributed by atoms with E-state index in [0.29, 0.717) is 33.8 Å². The van der Waals surface area contributed by atoms with Crippen LogP contribution in [0.1, 0.15) is 18.2 Å². The third-order valence-electron chi connectivity index (χ3n) is 4.90. The molecule has 0 amide bonds. The van der Waals surface area contributed by atoms with Gasteiger partial charge in [-0.05, 0) is 19.4 Å². The van der Waals surface area contributed by atoms with Crippen molar-refractivity contribution in [1.29, 1.82) is 0 Å². The van der Waals surface area contributed by atoms with E-state index in [4.69, 9.17) is 26.2 Å². The number of ether oxygens (including phenoxy) is 2. The molecule has 8 heteroatoms. The topological polar surface area (TPSA) is 73.6 Å². The van der Waals surface area contributed by atoms with Crippen LogP contribution in [0.5, 0.6) is 11.5 Å². The summed E-state index contributed by atoms with van der Waals surface area (Å²) in [7, 11) is 3.17. The maximum atomic E-state index is 6.36. The largest absolute Gasteiger partial charge is 0.495 e. The molecule has 0 atom stereocenters. The van der Waals surface area contributed by atoms with E-state index in [1.807, 2.05) is 37.3 Å². The second-order valence-corrected chi connectivity index (χ2v) is 7.11. The van der Waals surface area contributed by atoms with Crippen molar-refractivity contribution in [2.75, 3.05) is 19.5 Å². The Balaban J connectivity index is 1.89.